The van der Waals surface area contributed by atoms with Crippen molar-refractivity contribution in [1.82, 2.24) is 4.90 Å². The Morgan fingerprint density at radius 1 is 1.30 bits per heavy atom. The summed E-state index contributed by atoms with van der Waals surface area (Å²) in [5, 5.41) is 0. The molecule has 0 spiro atoms. The highest BCUT2D eigenvalue weighted by Gasteiger charge is 2.45. The smallest absolute Gasteiger partial charge is 0.0644 e. The lowest BCUT2D eigenvalue weighted by atomic mass is 9.78. The summed E-state index contributed by atoms with van der Waals surface area (Å²) >= 11 is 0. The Labute approximate surface area is 125 Å². The molecule has 1 aliphatic heterocycles. The SMILES string of the molecule is CCC(CC)N(CCOC)C1(CN)CCOC(C)(C)C1. The molecular weight excluding hydrogens is 252 g/mol. The number of hydrogen-bond acceptors (Lipinski definition) is 4. The first-order valence-electron chi connectivity index (χ1n) is 8.04. The lowest BCUT2D eigenvalue weighted by Crippen LogP contribution is -2.63. The molecule has 0 bridgehead atoms. The summed E-state index contributed by atoms with van der Waals surface area (Å²) in [7, 11) is 1.77. The normalized spacial score (nSPS) is 26.4. The van der Waals surface area contributed by atoms with Crippen molar-refractivity contribution in [3.63, 3.8) is 0 Å². The van der Waals surface area contributed by atoms with Crippen LogP contribution in [-0.4, -0.2) is 55.5 Å². The minimum Gasteiger partial charge on any atom is -0.383 e. The van der Waals surface area contributed by atoms with Crippen LogP contribution in [0.2, 0.25) is 0 Å². The molecular formula is C16H34N2O2. The van der Waals surface area contributed by atoms with Crippen LogP contribution in [0.15, 0.2) is 0 Å². The van der Waals surface area contributed by atoms with Gasteiger partial charge in [0.15, 0.2) is 0 Å². The van der Waals surface area contributed by atoms with Crippen molar-refractivity contribution in [3.05, 3.63) is 0 Å². The van der Waals surface area contributed by atoms with E-state index in [1.54, 1.807) is 7.11 Å². The molecule has 120 valence electrons. The molecule has 0 aromatic rings. The fraction of sp³-hybridized carbons (Fsp3) is 1.00. The van der Waals surface area contributed by atoms with Crippen molar-refractivity contribution >= 4 is 0 Å². The summed E-state index contributed by atoms with van der Waals surface area (Å²) in [6.07, 6.45) is 4.33. The van der Waals surface area contributed by atoms with Gasteiger partial charge in [-0.25, -0.2) is 0 Å². The zero-order valence-corrected chi connectivity index (χ0v) is 14.1. The molecule has 1 aliphatic rings. The maximum absolute atomic E-state index is 6.24. The Morgan fingerprint density at radius 3 is 2.40 bits per heavy atom. The number of nitrogens with two attached hydrogens (primary N) is 1. The third-order valence-electron chi connectivity index (χ3n) is 4.72. The van der Waals surface area contributed by atoms with Crippen LogP contribution in [0, 0.1) is 0 Å². The molecule has 0 aliphatic carbocycles. The number of methoxy groups -OCH3 is 1. The van der Waals surface area contributed by atoms with Gasteiger partial charge in [0.1, 0.15) is 0 Å². The maximum atomic E-state index is 6.24. The largest absolute Gasteiger partial charge is 0.383 e. The van der Waals surface area contributed by atoms with Crippen LogP contribution in [0.5, 0.6) is 0 Å². The van der Waals surface area contributed by atoms with E-state index in [9.17, 15) is 0 Å². The van der Waals surface area contributed by atoms with Crippen LogP contribution in [0.3, 0.4) is 0 Å². The summed E-state index contributed by atoms with van der Waals surface area (Å²) in [6.45, 7) is 12.1. The highest BCUT2D eigenvalue weighted by Crippen LogP contribution is 2.37. The van der Waals surface area contributed by atoms with E-state index in [1.807, 2.05) is 0 Å². The summed E-state index contributed by atoms with van der Waals surface area (Å²) in [4.78, 5) is 2.61. The van der Waals surface area contributed by atoms with Gasteiger partial charge >= 0.3 is 0 Å². The Kier molecular flexibility index (Phi) is 6.92. The predicted molar refractivity (Wildman–Crippen MR) is 84.0 cm³/mol. The second kappa shape index (κ2) is 7.74. The Bertz CT molecular complexity index is 280. The van der Waals surface area contributed by atoms with Crippen LogP contribution < -0.4 is 5.73 Å². The molecule has 1 rings (SSSR count). The molecule has 0 radical (unpaired) electrons. The van der Waals surface area contributed by atoms with E-state index in [0.717, 1.165) is 45.4 Å². The van der Waals surface area contributed by atoms with E-state index in [2.05, 4.69) is 32.6 Å². The quantitative estimate of drug-likeness (QED) is 0.744. The number of hydrogen-bond donors (Lipinski definition) is 1. The first-order chi connectivity index (χ1) is 9.44. The lowest BCUT2D eigenvalue weighted by molar-refractivity contribution is -0.129. The topological polar surface area (TPSA) is 47.7 Å². The van der Waals surface area contributed by atoms with Crippen LogP contribution in [0.1, 0.15) is 53.4 Å². The first kappa shape index (κ1) is 17.9. The van der Waals surface area contributed by atoms with Crippen molar-refractivity contribution in [2.24, 2.45) is 5.73 Å². The second-order valence-corrected chi connectivity index (χ2v) is 6.62. The van der Waals surface area contributed by atoms with Crippen molar-refractivity contribution in [1.29, 1.82) is 0 Å². The lowest BCUT2D eigenvalue weighted by Gasteiger charge is -2.53. The average Bonchev–Trinajstić information content (AvgIpc) is 2.42. The number of ether oxygens (including phenoxy) is 2. The fourth-order valence-electron chi connectivity index (χ4n) is 3.71. The van der Waals surface area contributed by atoms with Gasteiger partial charge < -0.3 is 15.2 Å². The van der Waals surface area contributed by atoms with Gasteiger partial charge in [-0.2, -0.15) is 0 Å². The van der Waals surface area contributed by atoms with Gasteiger partial charge in [0.05, 0.1) is 12.2 Å². The zero-order valence-electron chi connectivity index (χ0n) is 14.1. The Morgan fingerprint density at radius 2 is 1.95 bits per heavy atom. The summed E-state index contributed by atoms with van der Waals surface area (Å²) < 4.78 is 11.2. The van der Waals surface area contributed by atoms with E-state index in [1.165, 1.54) is 0 Å². The standard InChI is InChI=1S/C16H34N2O2/c1-6-14(7-2)18(9-11-19-5)16(13-17)8-10-20-15(3,4)12-16/h14H,6-13,17H2,1-5H3. The second-order valence-electron chi connectivity index (χ2n) is 6.62. The molecule has 4 heteroatoms. The molecule has 0 amide bonds. The molecule has 4 nitrogen and oxygen atoms in total. The zero-order chi connectivity index (χ0) is 15.2. The molecule has 2 N–H and O–H groups in total. The van der Waals surface area contributed by atoms with Gasteiger partial charge in [-0.05, 0) is 39.5 Å². The first-order valence-corrected chi connectivity index (χ1v) is 8.04. The monoisotopic (exact) mass is 286 g/mol. The number of rotatable bonds is 8. The molecule has 1 fully saturated rings. The van der Waals surface area contributed by atoms with Gasteiger partial charge in [-0.1, -0.05) is 13.8 Å². The molecule has 1 unspecified atom stereocenters. The van der Waals surface area contributed by atoms with Crippen LogP contribution in [0.4, 0.5) is 0 Å². The van der Waals surface area contributed by atoms with Gasteiger partial charge in [0, 0.05) is 38.4 Å². The molecule has 1 saturated heterocycles. The van der Waals surface area contributed by atoms with E-state index in [4.69, 9.17) is 15.2 Å². The third-order valence-corrected chi connectivity index (χ3v) is 4.72. The predicted octanol–water partition coefficient (Wildman–Crippen LogP) is 2.41. The summed E-state index contributed by atoms with van der Waals surface area (Å²) in [5.74, 6) is 0. The van der Waals surface area contributed by atoms with Gasteiger partial charge in [0.2, 0.25) is 0 Å². The maximum Gasteiger partial charge on any atom is 0.0644 e. The molecule has 0 aromatic heterocycles. The fourth-order valence-corrected chi connectivity index (χ4v) is 3.71. The highest BCUT2D eigenvalue weighted by molar-refractivity contribution is 5.01. The van der Waals surface area contributed by atoms with Crippen LogP contribution in [0.25, 0.3) is 0 Å². The van der Waals surface area contributed by atoms with E-state index in [0.29, 0.717) is 12.6 Å². The highest BCUT2D eigenvalue weighted by atomic mass is 16.5. The van der Waals surface area contributed by atoms with Gasteiger partial charge in [-0.3, -0.25) is 4.90 Å². The molecule has 1 heterocycles. The third kappa shape index (κ3) is 4.17. The van der Waals surface area contributed by atoms with Crippen molar-refractivity contribution < 1.29 is 9.47 Å². The van der Waals surface area contributed by atoms with Gasteiger partial charge in [-0.15, -0.1) is 0 Å². The van der Waals surface area contributed by atoms with Crippen LogP contribution in [-0.2, 0) is 9.47 Å². The Balaban J connectivity index is 2.98. The van der Waals surface area contributed by atoms with E-state index in [-0.39, 0.29) is 11.1 Å². The van der Waals surface area contributed by atoms with Crippen molar-refractivity contribution in [2.45, 2.75) is 70.6 Å². The molecule has 0 saturated carbocycles. The van der Waals surface area contributed by atoms with Crippen LogP contribution >= 0.6 is 0 Å². The summed E-state index contributed by atoms with van der Waals surface area (Å²) in [5.41, 5.74) is 6.21. The van der Waals surface area contributed by atoms with E-state index < -0.39 is 0 Å². The van der Waals surface area contributed by atoms with E-state index >= 15 is 0 Å². The molecule has 20 heavy (non-hydrogen) atoms. The Hall–Kier alpha value is -0.160. The van der Waals surface area contributed by atoms with Gasteiger partial charge in [0.25, 0.3) is 0 Å². The average molecular weight is 286 g/mol. The van der Waals surface area contributed by atoms with Crippen molar-refractivity contribution in [2.75, 3.05) is 33.4 Å². The molecule has 0 aromatic carbocycles. The molecule has 1 atom stereocenters. The number of nitrogens with zero attached hydrogens (tertiary/aromatic N) is 1. The minimum atomic E-state index is -0.0883. The van der Waals surface area contributed by atoms with Crippen molar-refractivity contribution in [3.8, 4) is 0 Å². The summed E-state index contributed by atoms with van der Waals surface area (Å²) in [6, 6.07) is 0.572. The minimum absolute atomic E-state index is 0.0525.